The van der Waals surface area contributed by atoms with Crippen LogP contribution in [0.3, 0.4) is 0 Å². The van der Waals surface area contributed by atoms with E-state index in [4.69, 9.17) is 9.73 Å². The monoisotopic (exact) mass is 338 g/mol. The number of aromatic nitrogens is 3. The molecule has 5 rings (SSSR count). The molecule has 0 bridgehead atoms. The molecule has 2 saturated heterocycles. The quantitative estimate of drug-likeness (QED) is 0.534. The van der Waals surface area contributed by atoms with Crippen LogP contribution in [0.2, 0.25) is 0 Å². The summed E-state index contributed by atoms with van der Waals surface area (Å²) in [6, 6.07) is 8.52. The topological polar surface area (TPSA) is 108 Å². The van der Waals surface area contributed by atoms with Gasteiger partial charge < -0.3 is 14.3 Å². The lowest BCUT2D eigenvalue weighted by Crippen LogP contribution is -2.79. The highest BCUT2D eigenvalue weighted by Gasteiger charge is 2.53. The minimum atomic E-state index is -0.624. The van der Waals surface area contributed by atoms with Gasteiger partial charge in [-0.25, -0.2) is 15.4 Å². The molecule has 2 atom stereocenters. The lowest BCUT2D eigenvalue weighted by Gasteiger charge is -2.61. The summed E-state index contributed by atoms with van der Waals surface area (Å²) in [7, 11) is 0. The Hall–Kier alpha value is -3.20. The maximum Gasteiger partial charge on any atom is 0.277 e. The molecule has 0 spiro atoms. The van der Waals surface area contributed by atoms with E-state index in [-0.39, 0.29) is 5.56 Å². The number of carbonyl (C=O) groups excluding carboxylic acids is 1. The van der Waals surface area contributed by atoms with E-state index in [0.717, 1.165) is 29.9 Å². The highest BCUT2D eigenvalue weighted by molar-refractivity contribution is 5.92. The lowest BCUT2D eigenvalue weighted by molar-refractivity contribution is 0.0705. The number of piperazine rings is 1. The maximum absolute atomic E-state index is 11.3. The number of para-hydroxylation sites is 1. The van der Waals surface area contributed by atoms with Crippen molar-refractivity contribution in [2.24, 2.45) is 0 Å². The zero-order valence-corrected chi connectivity index (χ0v) is 13.0. The number of hydroxylamine groups is 1. The van der Waals surface area contributed by atoms with Crippen LogP contribution in [-0.4, -0.2) is 51.4 Å². The summed E-state index contributed by atoms with van der Waals surface area (Å²) < 4.78 is 5.38. The Morgan fingerprint density at radius 2 is 1.88 bits per heavy atom. The first-order valence-electron chi connectivity index (χ1n) is 7.90. The van der Waals surface area contributed by atoms with Crippen LogP contribution in [0.4, 0.5) is 11.8 Å². The van der Waals surface area contributed by atoms with Crippen molar-refractivity contribution in [3.05, 3.63) is 42.2 Å². The molecule has 2 aliphatic heterocycles. The standard InChI is InChI=1S/C16H14N6O3/c23-15(19-24)9-5-17-16(18-6-9)22-8-11-12(22)7-21(11)14-10-3-1-2-4-13(10)25-20-14/h1-6,11-12,24H,7-8H2,(H,19,23). The molecule has 3 aromatic rings. The van der Waals surface area contributed by atoms with Gasteiger partial charge in [-0.3, -0.25) is 10.0 Å². The first kappa shape index (κ1) is 14.2. The highest BCUT2D eigenvalue weighted by atomic mass is 16.5. The van der Waals surface area contributed by atoms with Crippen LogP contribution in [0.5, 0.6) is 0 Å². The fourth-order valence-electron chi connectivity index (χ4n) is 3.46. The number of amides is 1. The van der Waals surface area contributed by atoms with E-state index in [2.05, 4.69) is 24.9 Å². The highest BCUT2D eigenvalue weighted by Crippen LogP contribution is 2.40. The second kappa shape index (κ2) is 5.15. The summed E-state index contributed by atoms with van der Waals surface area (Å²) in [5, 5.41) is 13.9. The molecule has 4 heterocycles. The van der Waals surface area contributed by atoms with Crippen molar-refractivity contribution in [1.29, 1.82) is 0 Å². The number of benzene rings is 1. The molecule has 1 aromatic carbocycles. The molecule has 2 N–H and O–H groups in total. The third kappa shape index (κ3) is 1.99. The van der Waals surface area contributed by atoms with Gasteiger partial charge in [0.2, 0.25) is 5.95 Å². The van der Waals surface area contributed by atoms with Crippen LogP contribution in [0.25, 0.3) is 11.0 Å². The molecule has 0 saturated carbocycles. The normalized spacial score (nSPS) is 21.5. The van der Waals surface area contributed by atoms with E-state index >= 15 is 0 Å². The molecule has 2 aliphatic rings. The fraction of sp³-hybridized carbons (Fsp3) is 0.250. The largest absolute Gasteiger partial charge is 0.354 e. The molecule has 2 aromatic heterocycles. The zero-order valence-electron chi connectivity index (χ0n) is 13.0. The van der Waals surface area contributed by atoms with E-state index in [1.54, 1.807) is 5.48 Å². The minimum absolute atomic E-state index is 0.215. The summed E-state index contributed by atoms with van der Waals surface area (Å²) >= 11 is 0. The Morgan fingerprint density at radius 3 is 2.60 bits per heavy atom. The molecule has 0 radical (unpaired) electrons. The van der Waals surface area contributed by atoms with Gasteiger partial charge in [-0.2, -0.15) is 0 Å². The Morgan fingerprint density at radius 1 is 1.16 bits per heavy atom. The van der Waals surface area contributed by atoms with E-state index in [1.165, 1.54) is 12.4 Å². The number of nitrogens with zero attached hydrogens (tertiary/aromatic N) is 5. The average molecular weight is 338 g/mol. The van der Waals surface area contributed by atoms with Crippen molar-refractivity contribution in [3.63, 3.8) is 0 Å². The van der Waals surface area contributed by atoms with Crippen molar-refractivity contribution in [2.75, 3.05) is 22.9 Å². The molecule has 0 aliphatic carbocycles. The molecular weight excluding hydrogens is 324 g/mol. The number of anilines is 2. The molecule has 2 unspecified atom stereocenters. The molecule has 2 fully saturated rings. The summed E-state index contributed by atoms with van der Waals surface area (Å²) in [6.45, 7) is 1.61. The molecular formula is C16H14N6O3. The number of fused-ring (bicyclic) bond motifs is 2. The van der Waals surface area contributed by atoms with Gasteiger partial charge in [0.05, 0.1) is 23.0 Å². The second-order valence-electron chi connectivity index (χ2n) is 6.15. The van der Waals surface area contributed by atoms with Gasteiger partial charge in [0.1, 0.15) is 0 Å². The predicted molar refractivity (Wildman–Crippen MR) is 87.6 cm³/mol. The molecule has 25 heavy (non-hydrogen) atoms. The van der Waals surface area contributed by atoms with E-state index < -0.39 is 5.91 Å². The van der Waals surface area contributed by atoms with Gasteiger partial charge >= 0.3 is 0 Å². The second-order valence-corrected chi connectivity index (χ2v) is 6.15. The zero-order chi connectivity index (χ0) is 17.0. The molecule has 126 valence electrons. The number of hydrogen-bond donors (Lipinski definition) is 2. The third-order valence-electron chi connectivity index (χ3n) is 4.90. The number of nitrogens with one attached hydrogen (secondary N) is 1. The maximum atomic E-state index is 11.3. The van der Waals surface area contributed by atoms with E-state index in [9.17, 15) is 4.79 Å². The molecule has 1 amide bonds. The summed E-state index contributed by atoms with van der Waals surface area (Å²) in [4.78, 5) is 24.1. The van der Waals surface area contributed by atoms with Crippen LogP contribution in [0.1, 0.15) is 10.4 Å². The molecule has 9 nitrogen and oxygen atoms in total. The Bertz CT molecular complexity index is 956. The van der Waals surface area contributed by atoms with Crippen LogP contribution in [0, 0.1) is 0 Å². The first-order valence-corrected chi connectivity index (χ1v) is 7.90. The van der Waals surface area contributed by atoms with Gasteiger partial charge in [-0.1, -0.05) is 17.3 Å². The number of rotatable bonds is 3. The fourth-order valence-corrected chi connectivity index (χ4v) is 3.46. The number of hydrogen-bond acceptors (Lipinski definition) is 8. The van der Waals surface area contributed by atoms with E-state index in [1.807, 2.05) is 24.3 Å². The Kier molecular flexibility index (Phi) is 2.92. The van der Waals surface area contributed by atoms with Gasteiger partial charge in [0.15, 0.2) is 11.4 Å². The third-order valence-corrected chi connectivity index (χ3v) is 4.90. The van der Waals surface area contributed by atoms with Crippen molar-refractivity contribution in [3.8, 4) is 0 Å². The smallest absolute Gasteiger partial charge is 0.277 e. The van der Waals surface area contributed by atoms with Crippen molar-refractivity contribution in [1.82, 2.24) is 20.6 Å². The van der Waals surface area contributed by atoms with Crippen LogP contribution < -0.4 is 15.3 Å². The Labute approximate surface area is 141 Å². The van der Waals surface area contributed by atoms with Gasteiger partial charge in [-0.15, -0.1) is 0 Å². The van der Waals surface area contributed by atoms with Crippen LogP contribution in [0.15, 0.2) is 41.2 Å². The first-order chi connectivity index (χ1) is 12.3. The SMILES string of the molecule is O=C(NO)c1cnc(N2CC3C2CN3c2noc3ccccc23)nc1. The van der Waals surface area contributed by atoms with Crippen molar-refractivity contribution >= 4 is 28.6 Å². The summed E-state index contributed by atoms with van der Waals surface area (Å²) in [5.74, 6) is 0.841. The van der Waals surface area contributed by atoms with Gasteiger partial charge in [0.25, 0.3) is 5.91 Å². The average Bonchev–Trinajstić information content (AvgIpc) is 3.07. The Balaban J connectivity index is 1.31. The molecule has 9 heteroatoms. The van der Waals surface area contributed by atoms with Gasteiger partial charge in [0, 0.05) is 25.5 Å². The van der Waals surface area contributed by atoms with Crippen LogP contribution >= 0.6 is 0 Å². The van der Waals surface area contributed by atoms with Crippen LogP contribution in [-0.2, 0) is 0 Å². The van der Waals surface area contributed by atoms with Crippen molar-refractivity contribution in [2.45, 2.75) is 12.1 Å². The number of carbonyl (C=O) groups is 1. The minimum Gasteiger partial charge on any atom is -0.354 e. The summed E-state index contributed by atoms with van der Waals surface area (Å²) in [5.41, 5.74) is 2.57. The van der Waals surface area contributed by atoms with E-state index in [0.29, 0.717) is 18.0 Å². The predicted octanol–water partition coefficient (Wildman–Crippen LogP) is 0.814. The van der Waals surface area contributed by atoms with Gasteiger partial charge in [-0.05, 0) is 12.1 Å². The van der Waals surface area contributed by atoms with Crippen molar-refractivity contribution < 1.29 is 14.5 Å². The lowest BCUT2D eigenvalue weighted by atomic mass is 9.85. The summed E-state index contributed by atoms with van der Waals surface area (Å²) in [6.07, 6.45) is 2.81.